The number of aromatic nitrogens is 6. The molecule has 0 spiro atoms. The average molecular weight is 715 g/mol. The molecule has 2 N–H and O–H groups in total. The van der Waals surface area contributed by atoms with Crippen molar-refractivity contribution < 1.29 is 29.1 Å². The number of pyridine rings is 2. The Labute approximate surface area is 286 Å². The number of carbonyl (C=O) groups is 2. The maximum absolute atomic E-state index is 11.9. The number of carbonyl (C=O) groups excluding carboxylic acids is 2. The van der Waals surface area contributed by atoms with Gasteiger partial charge in [0.1, 0.15) is 10.3 Å². The molecule has 0 aliphatic rings. The molecular weight excluding hydrogens is 679 g/mol. The predicted molar refractivity (Wildman–Crippen MR) is 188 cm³/mol. The topological polar surface area (TPSA) is 154 Å². The zero-order chi connectivity index (χ0) is 35.0. The van der Waals surface area contributed by atoms with Gasteiger partial charge < -0.3 is 19.5 Å². The van der Waals surface area contributed by atoms with E-state index in [0.29, 0.717) is 29.8 Å². The maximum Gasteiger partial charge on any atom is 0.488 e. The SMILES string of the molecule is CCOC(=O)c1ccc2c(c1)c(-c1ccnc(C)c1)nn2C.CCOC(=O)c1ccc2c(c1)c(Br)nn2C.Cc1cc(B(O)O)ccn1. The summed E-state index contributed by atoms with van der Waals surface area (Å²) < 4.78 is 14.3. The van der Waals surface area contributed by atoms with Gasteiger partial charge in [-0.2, -0.15) is 10.2 Å². The van der Waals surface area contributed by atoms with Crippen LogP contribution in [0.3, 0.4) is 0 Å². The summed E-state index contributed by atoms with van der Waals surface area (Å²) in [5, 5.41) is 28.0. The van der Waals surface area contributed by atoms with Crippen molar-refractivity contribution in [2.24, 2.45) is 14.1 Å². The number of esters is 2. The van der Waals surface area contributed by atoms with Gasteiger partial charge in [-0.15, -0.1) is 0 Å². The number of rotatable bonds is 6. The van der Waals surface area contributed by atoms with Gasteiger partial charge in [0.05, 0.1) is 35.4 Å². The summed E-state index contributed by atoms with van der Waals surface area (Å²) in [5.74, 6) is -0.620. The Morgan fingerprint density at radius 3 is 1.79 bits per heavy atom. The van der Waals surface area contributed by atoms with E-state index in [1.807, 2.05) is 56.0 Å². The molecule has 0 saturated heterocycles. The van der Waals surface area contributed by atoms with Crippen LogP contribution in [0.15, 0.2) is 77.7 Å². The van der Waals surface area contributed by atoms with E-state index in [-0.39, 0.29) is 11.9 Å². The molecule has 0 bridgehead atoms. The summed E-state index contributed by atoms with van der Waals surface area (Å²) >= 11 is 3.36. The lowest BCUT2D eigenvalue weighted by Gasteiger charge is -2.03. The van der Waals surface area contributed by atoms with Crippen LogP contribution in [0, 0.1) is 13.8 Å². The van der Waals surface area contributed by atoms with Gasteiger partial charge in [-0.05, 0) is 110 Å². The van der Waals surface area contributed by atoms with E-state index in [1.165, 1.54) is 0 Å². The number of halogens is 1. The van der Waals surface area contributed by atoms with Crippen LogP contribution in [0.4, 0.5) is 0 Å². The molecule has 6 aromatic rings. The molecule has 12 nitrogen and oxygen atoms in total. The lowest BCUT2D eigenvalue weighted by Crippen LogP contribution is -2.29. The maximum atomic E-state index is 11.9. The van der Waals surface area contributed by atoms with Crippen molar-refractivity contribution in [2.45, 2.75) is 27.7 Å². The van der Waals surface area contributed by atoms with Gasteiger partial charge in [0.2, 0.25) is 0 Å². The lowest BCUT2D eigenvalue weighted by atomic mass is 9.81. The van der Waals surface area contributed by atoms with Gasteiger partial charge in [-0.25, -0.2) is 9.59 Å². The first-order valence-corrected chi connectivity index (χ1v) is 15.9. The fourth-order valence-corrected chi connectivity index (χ4v) is 5.36. The Balaban J connectivity index is 0.000000175. The van der Waals surface area contributed by atoms with Crippen LogP contribution in [0.25, 0.3) is 33.1 Å². The van der Waals surface area contributed by atoms with Crippen molar-refractivity contribution in [2.75, 3.05) is 13.2 Å². The van der Waals surface area contributed by atoms with Crippen LogP contribution in [0.1, 0.15) is 46.0 Å². The molecular formula is C34H36BBrN6O6. The van der Waals surface area contributed by atoms with Gasteiger partial charge in [-0.3, -0.25) is 19.3 Å². The van der Waals surface area contributed by atoms with Crippen molar-refractivity contribution in [3.8, 4) is 11.3 Å². The molecule has 0 fully saturated rings. The second-order valence-electron chi connectivity index (χ2n) is 10.6. The van der Waals surface area contributed by atoms with Crippen molar-refractivity contribution in [1.82, 2.24) is 29.5 Å². The van der Waals surface area contributed by atoms with Crippen molar-refractivity contribution >= 4 is 62.3 Å². The zero-order valence-corrected chi connectivity index (χ0v) is 29.1. The first-order valence-electron chi connectivity index (χ1n) is 15.1. The van der Waals surface area contributed by atoms with E-state index in [2.05, 4.69) is 36.1 Å². The minimum Gasteiger partial charge on any atom is -0.462 e. The third-order valence-electron chi connectivity index (χ3n) is 7.07. The van der Waals surface area contributed by atoms with Gasteiger partial charge in [0.15, 0.2) is 0 Å². The molecule has 2 aromatic carbocycles. The highest BCUT2D eigenvalue weighted by atomic mass is 79.9. The smallest absolute Gasteiger partial charge is 0.462 e. The highest BCUT2D eigenvalue weighted by Crippen LogP contribution is 2.29. The van der Waals surface area contributed by atoms with Gasteiger partial charge in [0.25, 0.3) is 0 Å². The normalized spacial score (nSPS) is 10.5. The van der Waals surface area contributed by atoms with E-state index in [9.17, 15) is 9.59 Å². The Kier molecular flexibility index (Phi) is 12.2. The van der Waals surface area contributed by atoms with Gasteiger partial charge in [0, 0.05) is 54.2 Å². The standard InChI is InChI=1S/C17H17N3O2.C11H11BrN2O2.C6H8BNO2/c1-4-22-17(21)13-5-6-15-14(10-13)16(19-20(15)3)12-7-8-18-11(2)9-12;1-3-16-11(15)7-4-5-9-8(6-7)10(12)13-14(9)2;1-5-4-6(7(9)10)2-3-8-5/h5-10H,4H2,1-3H3;4-6H,3H2,1-2H3;2-4,9-10H,1H3. The summed E-state index contributed by atoms with van der Waals surface area (Å²) in [6, 6.07) is 18.0. The van der Waals surface area contributed by atoms with Crippen LogP contribution < -0.4 is 5.46 Å². The first-order chi connectivity index (χ1) is 22.9. The molecule has 4 aromatic heterocycles. The van der Waals surface area contributed by atoms with Crippen LogP contribution in [-0.4, -0.2) is 71.8 Å². The van der Waals surface area contributed by atoms with Gasteiger partial charge in [-0.1, -0.05) is 0 Å². The van der Waals surface area contributed by atoms with E-state index in [0.717, 1.165) is 49.1 Å². The molecule has 48 heavy (non-hydrogen) atoms. The molecule has 0 saturated carbocycles. The number of hydrogen-bond donors (Lipinski definition) is 2. The van der Waals surface area contributed by atoms with E-state index in [4.69, 9.17) is 19.5 Å². The molecule has 0 unspecified atom stereocenters. The Morgan fingerprint density at radius 2 is 1.27 bits per heavy atom. The van der Waals surface area contributed by atoms with Crippen LogP contribution in [0.5, 0.6) is 0 Å². The summed E-state index contributed by atoms with van der Waals surface area (Å²) in [4.78, 5) is 31.6. The summed E-state index contributed by atoms with van der Waals surface area (Å²) in [6.07, 6.45) is 3.31. The fraction of sp³-hybridized carbons (Fsp3) is 0.235. The molecule has 0 radical (unpaired) electrons. The second-order valence-corrected chi connectivity index (χ2v) is 11.3. The summed E-state index contributed by atoms with van der Waals surface area (Å²) in [6.45, 7) is 8.07. The van der Waals surface area contributed by atoms with Crippen molar-refractivity contribution in [3.05, 3.63) is 100 Å². The molecule has 0 atom stereocenters. The molecule has 0 aliphatic heterocycles. The molecule has 4 heterocycles. The van der Waals surface area contributed by atoms with E-state index >= 15 is 0 Å². The van der Waals surface area contributed by atoms with Crippen LogP contribution in [-0.2, 0) is 23.6 Å². The highest BCUT2D eigenvalue weighted by molar-refractivity contribution is 9.10. The van der Waals surface area contributed by atoms with Crippen LogP contribution >= 0.6 is 15.9 Å². The number of hydrogen-bond acceptors (Lipinski definition) is 10. The Bertz CT molecular complexity index is 2060. The molecule has 0 aliphatic carbocycles. The fourth-order valence-electron chi connectivity index (χ4n) is 4.81. The number of benzene rings is 2. The van der Waals surface area contributed by atoms with Crippen molar-refractivity contribution in [1.29, 1.82) is 0 Å². The molecule has 14 heteroatoms. The van der Waals surface area contributed by atoms with Crippen molar-refractivity contribution in [3.63, 3.8) is 0 Å². The quantitative estimate of drug-likeness (QED) is 0.183. The second kappa shape index (κ2) is 16.3. The van der Waals surface area contributed by atoms with E-state index < -0.39 is 7.12 Å². The minimum absolute atomic E-state index is 0.305. The van der Waals surface area contributed by atoms with Crippen LogP contribution in [0.2, 0.25) is 0 Å². The number of fused-ring (bicyclic) bond motifs is 2. The highest BCUT2D eigenvalue weighted by Gasteiger charge is 2.15. The van der Waals surface area contributed by atoms with E-state index in [1.54, 1.807) is 68.2 Å². The third kappa shape index (κ3) is 8.70. The largest absolute Gasteiger partial charge is 0.488 e. The average Bonchev–Trinajstić information content (AvgIpc) is 3.55. The number of nitrogens with zero attached hydrogens (tertiary/aromatic N) is 6. The Morgan fingerprint density at radius 1 is 0.750 bits per heavy atom. The zero-order valence-electron chi connectivity index (χ0n) is 27.5. The number of ether oxygens (including phenoxy) is 2. The molecule has 6 rings (SSSR count). The van der Waals surface area contributed by atoms with Gasteiger partial charge >= 0.3 is 19.1 Å². The predicted octanol–water partition coefficient (Wildman–Crippen LogP) is 4.70. The first kappa shape index (κ1) is 35.9. The lowest BCUT2D eigenvalue weighted by molar-refractivity contribution is 0.0517. The Hall–Kier alpha value is -4.92. The number of aryl methyl sites for hydroxylation is 4. The molecule has 0 amide bonds. The molecule has 248 valence electrons. The third-order valence-corrected chi connectivity index (χ3v) is 7.65. The summed E-state index contributed by atoms with van der Waals surface area (Å²) in [5.41, 5.74) is 7.04. The summed E-state index contributed by atoms with van der Waals surface area (Å²) in [7, 11) is 2.36. The monoisotopic (exact) mass is 714 g/mol. The minimum atomic E-state index is -1.39.